The van der Waals surface area contributed by atoms with Crippen LogP contribution in [0.5, 0.6) is 23.0 Å². The van der Waals surface area contributed by atoms with Gasteiger partial charge in [0, 0.05) is 18.5 Å². The van der Waals surface area contributed by atoms with Gasteiger partial charge in [-0.05, 0) is 53.4 Å². The third kappa shape index (κ3) is 6.36. The van der Waals surface area contributed by atoms with Crippen molar-refractivity contribution in [3.05, 3.63) is 88.5 Å². The number of ketones is 1. The molecule has 3 aromatic rings. The molecular formula is C33H38N2O7. The number of quaternary nitrogens is 1. The zero-order chi connectivity index (χ0) is 30.4. The lowest BCUT2D eigenvalue weighted by molar-refractivity contribution is -0.858. The van der Waals surface area contributed by atoms with Gasteiger partial charge in [-0.2, -0.15) is 0 Å². The molecule has 0 saturated carbocycles. The Hall–Kier alpha value is -4.50. The van der Waals surface area contributed by atoms with Crippen molar-refractivity contribution in [3.8, 4) is 23.0 Å². The van der Waals surface area contributed by atoms with Crippen molar-refractivity contribution in [2.24, 2.45) is 0 Å². The summed E-state index contributed by atoms with van der Waals surface area (Å²) in [5.74, 6) is -0.317. The summed E-state index contributed by atoms with van der Waals surface area (Å²) in [5, 5.41) is 14.1. The molecule has 9 nitrogen and oxygen atoms in total. The Morgan fingerprint density at radius 1 is 0.929 bits per heavy atom. The van der Waals surface area contributed by atoms with Crippen molar-refractivity contribution in [3.63, 3.8) is 0 Å². The fourth-order valence-electron chi connectivity index (χ4n) is 5.18. The van der Waals surface area contributed by atoms with Gasteiger partial charge in [0.15, 0.2) is 11.5 Å². The number of amides is 1. The minimum absolute atomic E-state index is 0.104. The molecule has 1 aliphatic heterocycles. The Kier molecular flexibility index (Phi) is 9.75. The molecule has 9 heteroatoms. The van der Waals surface area contributed by atoms with E-state index in [1.165, 1.54) is 31.1 Å². The maximum atomic E-state index is 14.1. The van der Waals surface area contributed by atoms with Crippen molar-refractivity contribution >= 4 is 17.4 Å². The van der Waals surface area contributed by atoms with Gasteiger partial charge in [0.05, 0.1) is 48.0 Å². The molecule has 0 bridgehead atoms. The van der Waals surface area contributed by atoms with Crippen LogP contribution in [0.1, 0.15) is 34.7 Å². The van der Waals surface area contributed by atoms with E-state index in [2.05, 4.69) is 0 Å². The van der Waals surface area contributed by atoms with E-state index < -0.39 is 23.5 Å². The second kappa shape index (κ2) is 13.4. The lowest BCUT2D eigenvalue weighted by atomic mass is 9.93. The molecule has 4 rings (SSSR count). The normalized spacial score (nSPS) is 16.2. The zero-order valence-electron chi connectivity index (χ0n) is 25.0. The molecular weight excluding hydrogens is 536 g/mol. The van der Waals surface area contributed by atoms with E-state index in [4.69, 9.17) is 18.9 Å². The number of rotatable bonds is 12. The Labute approximate surface area is 246 Å². The van der Waals surface area contributed by atoms with E-state index in [1.54, 1.807) is 37.3 Å². The summed E-state index contributed by atoms with van der Waals surface area (Å²) >= 11 is 0. The van der Waals surface area contributed by atoms with Gasteiger partial charge < -0.3 is 33.9 Å². The molecule has 0 spiro atoms. The summed E-state index contributed by atoms with van der Waals surface area (Å²) in [6.45, 7) is 3.26. The number of likely N-dealkylation sites (tertiary alicyclic amines) is 1. The molecule has 0 aliphatic carbocycles. The first-order chi connectivity index (χ1) is 20.2. The Bertz CT molecular complexity index is 1440. The lowest BCUT2D eigenvalue weighted by Crippen LogP contribution is -3.05. The van der Waals surface area contributed by atoms with Crippen LogP contribution in [0.2, 0.25) is 0 Å². The molecule has 1 fully saturated rings. The van der Waals surface area contributed by atoms with Gasteiger partial charge in [-0.3, -0.25) is 9.59 Å². The molecule has 0 radical (unpaired) electrons. The average Bonchev–Trinajstić information content (AvgIpc) is 3.24. The first-order valence-electron chi connectivity index (χ1n) is 13.8. The molecule has 3 aromatic carbocycles. The highest BCUT2D eigenvalue weighted by molar-refractivity contribution is 6.46. The number of carbonyl (C=O) groups excluding carboxylic acids is 2. The van der Waals surface area contributed by atoms with E-state index in [-0.39, 0.29) is 5.57 Å². The third-order valence-electron chi connectivity index (χ3n) is 7.30. The standard InChI is InChI=1S/C33H38N2O7/c1-21-17-24(42-20-22-11-8-7-9-12-22)13-14-25(21)30(36)28-29(35(33(38)31(28)37)16-10-15-34(2)3)23-18-26(39-4)32(41-6)27(19-23)40-5/h7-9,11-14,17-19,29,36H,10,15-16,20H2,1-6H3/b30-28+. The monoisotopic (exact) mass is 574 g/mol. The predicted octanol–water partition coefficient (Wildman–Crippen LogP) is 2.36. The van der Waals surface area contributed by atoms with E-state index >= 15 is 0 Å². The molecule has 0 aromatic heterocycles. The quantitative estimate of drug-likeness (QED) is 0.201. The second-order valence-electron chi connectivity index (χ2n) is 10.5. The Balaban J connectivity index is 1.78. The van der Waals surface area contributed by atoms with Crippen LogP contribution in [-0.2, 0) is 16.2 Å². The van der Waals surface area contributed by atoms with Crippen molar-refractivity contribution < 1.29 is 38.5 Å². The van der Waals surface area contributed by atoms with Crippen LogP contribution >= 0.6 is 0 Å². The lowest BCUT2D eigenvalue weighted by Gasteiger charge is -2.29. The van der Waals surface area contributed by atoms with E-state index in [1.807, 2.05) is 44.4 Å². The smallest absolute Gasteiger partial charge is 0.295 e. The number of hydrogen-bond donors (Lipinski definition) is 1. The van der Waals surface area contributed by atoms with Crippen LogP contribution in [0, 0.1) is 6.92 Å². The number of nitrogens with one attached hydrogen (secondary N) is 1. The van der Waals surface area contributed by atoms with E-state index in [9.17, 15) is 14.7 Å². The molecule has 1 N–H and O–H groups in total. The molecule has 1 aliphatic rings. The number of nitrogens with zero attached hydrogens (tertiary/aromatic N) is 1. The molecule has 1 atom stereocenters. The van der Waals surface area contributed by atoms with Gasteiger partial charge in [0.2, 0.25) is 11.5 Å². The first-order valence-corrected chi connectivity index (χ1v) is 13.8. The average molecular weight is 575 g/mol. The maximum Gasteiger partial charge on any atom is 0.295 e. The van der Waals surface area contributed by atoms with Crippen LogP contribution in [0.25, 0.3) is 5.76 Å². The highest BCUT2D eigenvalue weighted by Gasteiger charge is 2.44. The fraction of sp³-hybridized carbons (Fsp3) is 0.333. The van der Waals surface area contributed by atoms with Gasteiger partial charge in [-0.15, -0.1) is 0 Å². The molecule has 1 amide bonds. The third-order valence-corrected chi connectivity index (χ3v) is 7.30. The van der Waals surface area contributed by atoms with Crippen molar-refractivity contribution in [2.45, 2.75) is 26.0 Å². The minimum atomic E-state index is -0.920. The Morgan fingerprint density at radius 3 is 2.17 bits per heavy atom. The highest BCUT2D eigenvalue weighted by atomic mass is 16.5. The summed E-state index contributed by atoms with van der Waals surface area (Å²) in [6.07, 6.45) is 0.649. The van der Waals surface area contributed by atoms with Gasteiger partial charge in [-0.25, -0.2) is 0 Å². The largest absolute Gasteiger partial charge is 0.872 e. The van der Waals surface area contributed by atoms with Crippen molar-refractivity contribution in [1.82, 2.24) is 4.90 Å². The van der Waals surface area contributed by atoms with Crippen molar-refractivity contribution in [2.75, 3.05) is 48.5 Å². The minimum Gasteiger partial charge on any atom is -0.872 e. The summed E-state index contributed by atoms with van der Waals surface area (Å²) in [5.41, 5.74) is 2.40. The molecule has 1 saturated heterocycles. The van der Waals surface area contributed by atoms with E-state index in [0.29, 0.717) is 59.3 Å². The summed E-state index contributed by atoms with van der Waals surface area (Å²) in [6, 6.07) is 17.3. The summed E-state index contributed by atoms with van der Waals surface area (Å²) < 4.78 is 22.5. The highest BCUT2D eigenvalue weighted by Crippen LogP contribution is 2.45. The SMILES string of the molecule is COc1cc(C2/C(=C(\[O-])c3ccc(OCc4ccccc4)cc3C)C(=O)C(=O)N2CCC[NH+](C)C)cc(OC)c1OC. The van der Waals surface area contributed by atoms with Gasteiger partial charge in [0.1, 0.15) is 12.4 Å². The van der Waals surface area contributed by atoms with Gasteiger partial charge in [0.25, 0.3) is 5.91 Å². The summed E-state index contributed by atoms with van der Waals surface area (Å²) in [4.78, 5) is 29.6. The number of carbonyl (C=O) groups is 2. The fourth-order valence-corrected chi connectivity index (χ4v) is 5.18. The van der Waals surface area contributed by atoms with Crippen LogP contribution in [0.15, 0.2) is 66.2 Å². The van der Waals surface area contributed by atoms with Crippen LogP contribution < -0.4 is 29.0 Å². The number of aryl methyl sites for hydroxylation is 1. The second-order valence-corrected chi connectivity index (χ2v) is 10.5. The molecule has 42 heavy (non-hydrogen) atoms. The number of benzene rings is 3. The van der Waals surface area contributed by atoms with Crippen LogP contribution in [-0.4, -0.2) is 65.1 Å². The number of hydrogen-bond acceptors (Lipinski definition) is 7. The zero-order valence-corrected chi connectivity index (χ0v) is 25.0. The van der Waals surface area contributed by atoms with Gasteiger partial charge in [-0.1, -0.05) is 42.2 Å². The number of methoxy groups -OCH3 is 3. The molecule has 222 valence electrons. The topological polar surface area (TPSA) is 102 Å². The molecule has 1 heterocycles. The predicted molar refractivity (Wildman–Crippen MR) is 157 cm³/mol. The molecule has 1 unspecified atom stereocenters. The van der Waals surface area contributed by atoms with E-state index in [0.717, 1.165) is 12.1 Å². The number of ether oxygens (including phenoxy) is 4. The maximum absolute atomic E-state index is 14.1. The number of Topliss-reactive ketones (excluding diaryl/α,β-unsaturated/α-hetero) is 1. The van der Waals surface area contributed by atoms with Crippen LogP contribution in [0.3, 0.4) is 0 Å². The van der Waals surface area contributed by atoms with Gasteiger partial charge >= 0.3 is 0 Å². The van der Waals surface area contributed by atoms with Crippen LogP contribution in [0.4, 0.5) is 0 Å². The van der Waals surface area contributed by atoms with Crippen molar-refractivity contribution in [1.29, 1.82) is 0 Å². The summed E-state index contributed by atoms with van der Waals surface area (Å²) in [7, 11) is 8.51. The Morgan fingerprint density at radius 2 is 1.60 bits per heavy atom. The first kappa shape index (κ1) is 30.5.